The molecule has 0 aliphatic carbocycles. The highest BCUT2D eigenvalue weighted by atomic mass is 32.2. The third-order valence-corrected chi connectivity index (χ3v) is 4.67. The van der Waals surface area contributed by atoms with Gasteiger partial charge in [0.05, 0.1) is 12.7 Å². The maximum Gasteiger partial charge on any atom is 0.132 e. The Bertz CT molecular complexity index is 626. The number of nitrogens with zero attached hydrogens (tertiary/aromatic N) is 1. The fraction of sp³-hybridized carbons (Fsp3) is 0.267. The second-order valence-electron chi connectivity index (χ2n) is 4.17. The van der Waals surface area contributed by atoms with E-state index in [9.17, 15) is 0 Å². The standard InChI is InChI=1S/C15H15NOS2/c1-10-6-12(9-16)14(19-10)7-11-4-5-13(17-2)15(8-11)18-3/h4-6,8H,7H2,1-3H3. The Morgan fingerprint density at radius 1 is 1.37 bits per heavy atom. The number of thiophene rings is 1. The summed E-state index contributed by atoms with van der Waals surface area (Å²) in [5, 5.41) is 9.13. The lowest BCUT2D eigenvalue weighted by molar-refractivity contribution is 0.404. The van der Waals surface area contributed by atoms with E-state index in [-0.39, 0.29) is 0 Å². The predicted octanol–water partition coefficient (Wildman–Crippen LogP) is 4.25. The van der Waals surface area contributed by atoms with E-state index in [4.69, 9.17) is 10.00 Å². The van der Waals surface area contributed by atoms with Crippen molar-refractivity contribution in [1.82, 2.24) is 0 Å². The van der Waals surface area contributed by atoms with Crippen LogP contribution in [-0.4, -0.2) is 13.4 Å². The first-order chi connectivity index (χ1) is 9.17. The van der Waals surface area contributed by atoms with Crippen molar-refractivity contribution in [3.05, 3.63) is 45.1 Å². The van der Waals surface area contributed by atoms with Crippen LogP contribution < -0.4 is 4.74 Å². The van der Waals surface area contributed by atoms with E-state index in [0.29, 0.717) is 0 Å². The van der Waals surface area contributed by atoms with E-state index < -0.39 is 0 Å². The first-order valence-electron chi connectivity index (χ1n) is 5.88. The van der Waals surface area contributed by atoms with E-state index in [1.165, 1.54) is 10.4 Å². The maximum absolute atomic E-state index is 9.13. The molecule has 1 heterocycles. The highest BCUT2D eigenvalue weighted by Gasteiger charge is 2.09. The molecule has 0 unspecified atom stereocenters. The molecule has 0 spiro atoms. The van der Waals surface area contributed by atoms with Gasteiger partial charge in [0, 0.05) is 21.1 Å². The first kappa shape index (κ1) is 14.0. The minimum Gasteiger partial charge on any atom is -0.496 e. The number of benzene rings is 1. The molecule has 1 aromatic heterocycles. The summed E-state index contributed by atoms with van der Waals surface area (Å²) in [6.45, 7) is 2.04. The monoisotopic (exact) mass is 289 g/mol. The van der Waals surface area contributed by atoms with Crippen LogP contribution in [0, 0.1) is 18.3 Å². The number of hydrogen-bond donors (Lipinski definition) is 0. The van der Waals surface area contributed by atoms with Gasteiger partial charge in [-0.25, -0.2) is 0 Å². The summed E-state index contributed by atoms with van der Waals surface area (Å²) < 4.78 is 5.32. The molecule has 0 bridgehead atoms. The summed E-state index contributed by atoms with van der Waals surface area (Å²) in [7, 11) is 1.69. The summed E-state index contributed by atoms with van der Waals surface area (Å²) in [5.74, 6) is 0.902. The fourth-order valence-electron chi connectivity index (χ4n) is 1.96. The Morgan fingerprint density at radius 3 is 2.79 bits per heavy atom. The molecule has 2 aromatic rings. The highest BCUT2D eigenvalue weighted by Crippen LogP contribution is 2.30. The smallest absolute Gasteiger partial charge is 0.132 e. The normalized spacial score (nSPS) is 10.2. The van der Waals surface area contributed by atoms with Crippen molar-refractivity contribution >= 4 is 23.1 Å². The van der Waals surface area contributed by atoms with Crippen LogP contribution in [0.2, 0.25) is 0 Å². The van der Waals surface area contributed by atoms with Crippen molar-refractivity contribution in [3.63, 3.8) is 0 Å². The SMILES string of the molecule is COc1ccc(Cc2sc(C)cc2C#N)cc1SC. The Labute approximate surface area is 122 Å². The number of methoxy groups -OCH3 is 1. The minimum atomic E-state index is 0.795. The largest absolute Gasteiger partial charge is 0.496 e. The maximum atomic E-state index is 9.13. The van der Waals surface area contributed by atoms with Crippen LogP contribution in [0.15, 0.2) is 29.2 Å². The zero-order chi connectivity index (χ0) is 13.8. The molecule has 0 aliphatic heterocycles. The lowest BCUT2D eigenvalue weighted by Gasteiger charge is -2.08. The summed E-state index contributed by atoms with van der Waals surface area (Å²) in [5.41, 5.74) is 2.01. The summed E-state index contributed by atoms with van der Waals surface area (Å²) >= 11 is 3.37. The van der Waals surface area contributed by atoms with Gasteiger partial charge >= 0.3 is 0 Å². The van der Waals surface area contributed by atoms with E-state index >= 15 is 0 Å². The second kappa shape index (κ2) is 6.14. The van der Waals surface area contributed by atoms with Crippen LogP contribution in [0.4, 0.5) is 0 Å². The summed E-state index contributed by atoms with van der Waals surface area (Å²) in [4.78, 5) is 3.45. The molecule has 0 aliphatic rings. The minimum absolute atomic E-state index is 0.795. The molecule has 2 rings (SSSR count). The van der Waals surface area contributed by atoms with Crippen molar-refractivity contribution in [2.75, 3.05) is 13.4 Å². The van der Waals surface area contributed by atoms with Gasteiger partial charge in [-0.05, 0) is 36.9 Å². The van der Waals surface area contributed by atoms with Gasteiger partial charge in [0.25, 0.3) is 0 Å². The average molecular weight is 289 g/mol. The third kappa shape index (κ3) is 3.12. The van der Waals surface area contributed by atoms with Gasteiger partial charge in [-0.1, -0.05) is 6.07 Å². The lowest BCUT2D eigenvalue weighted by atomic mass is 10.1. The molecule has 19 heavy (non-hydrogen) atoms. The number of hydrogen-bond acceptors (Lipinski definition) is 4. The molecule has 2 nitrogen and oxygen atoms in total. The van der Waals surface area contributed by atoms with Crippen LogP contribution in [0.3, 0.4) is 0 Å². The lowest BCUT2D eigenvalue weighted by Crippen LogP contribution is -1.91. The predicted molar refractivity (Wildman–Crippen MR) is 81.4 cm³/mol. The van der Waals surface area contributed by atoms with Crippen molar-refractivity contribution in [2.45, 2.75) is 18.2 Å². The Balaban J connectivity index is 2.31. The number of ether oxygens (including phenoxy) is 1. The molecule has 0 atom stereocenters. The Hall–Kier alpha value is -1.44. The molecule has 0 fully saturated rings. The van der Waals surface area contributed by atoms with Crippen LogP contribution in [-0.2, 0) is 6.42 Å². The van der Waals surface area contributed by atoms with Gasteiger partial charge in [0.1, 0.15) is 11.8 Å². The average Bonchev–Trinajstić information content (AvgIpc) is 2.78. The third-order valence-electron chi connectivity index (χ3n) is 2.87. The first-order valence-corrected chi connectivity index (χ1v) is 7.92. The molecule has 0 saturated carbocycles. The fourth-order valence-corrected chi connectivity index (χ4v) is 3.61. The Kier molecular flexibility index (Phi) is 4.52. The van der Waals surface area contributed by atoms with Gasteiger partial charge in [0.2, 0.25) is 0 Å². The Morgan fingerprint density at radius 2 is 2.16 bits per heavy atom. The van der Waals surface area contributed by atoms with Gasteiger partial charge in [-0.3, -0.25) is 0 Å². The van der Waals surface area contributed by atoms with Gasteiger partial charge in [-0.15, -0.1) is 23.1 Å². The van der Waals surface area contributed by atoms with E-state index in [1.807, 2.05) is 25.3 Å². The van der Waals surface area contributed by atoms with E-state index in [0.717, 1.165) is 27.5 Å². The number of rotatable bonds is 4. The van der Waals surface area contributed by atoms with E-state index in [2.05, 4.69) is 18.2 Å². The molecular weight excluding hydrogens is 274 g/mol. The molecule has 0 saturated heterocycles. The molecule has 0 amide bonds. The second-order valence-corrected chi connectivity index (χ2v) is 6.36. The highest BCUT2D eigenvalue weighted by molar-refractivity contribution is 7.98. The van der Waals surface area contributed by atoms with Crippen LogP contribution >= 0.6 is 23.1 Å². The van der Waals surface area contributed by atoms with Gasteiger partial charge in [0.15, 0.2) is 0 Å². The van der Waals surface area contributed by atoms with Crippen molar-refractivity contribution in [1.29, 1.82) is 5.26 Å². The topological polar surface area (TPSA) is 33.0 Å². The molecule has 0 radical (unpaired) electrons. The number of aryl methyl sites for hydroxylation is 1. The number of thioether (sulfide) groups is 1. The molecule has 4 heteroatoms. The van der Waals surface area contributed by atoms with Crippen molar-refractivity contribution in [3.8, 4) is 11.8 Å². The van der Waals surface area contributed by atoms with Crippen LogP contribution in [0.1, 0.15) is 20.9 Å². The quantitative estimate of drug-likeness (QED) is 0.789. The zero-order valence-corrected chi connectivity index (χ0v) is 12.8. The zero-order valence-electron chi connectivity index (χ0n) is 11.2. The molecule has 0 N–H and O–H groups in total. The van der Waals surface area contributed by atoms with Crippen LogP contribution in [0.5, 0.6) is 5.75 Å². The van der Waals surface area contributed by atoms with Crippen molar-refractivity contribution in [2.24, 2.45) is 0 Å². The van der Waals surface area contributed by atoms with Gasteiger partial charge < -0.3 is 4.74 Å². The number of nitriles is 1. The molecular formula is C15H15NOS2. The van der Waals surface area contributed by atoms with E-state index in [1.54, 1.807) is 30.2 Å². The van der Waals surface area contributed by atoms with Gasteiger partial charge in [-0.2, -0.15) is 5.26 Å². The van der Waals surface area contributed by atoms with Crippen molar-refractivity contribution < 1.29 is 4.74 Å². The molecule has 1 aromatic carbocycles. The summed E-state index contributed by atoms with van der Waals surface area (Å²) in [6, 6.07) is 10.4. The van der Waals surface area contributed by atoms with Crippen LogP contribution in [0.25, 0.3) is 0 Å². The molecule has 98 valence electrons. The summed E-state index contributed by atoms with van der Waals surface area (Å²) in [6.07, 6.45) is 2.84.